The number of nitrogens with zero attached hydrogens (tertiary/aromatic N) is 1. The van der Waals surface area contributed by atoms with Crippen molar-refractivity contribution in [2.24, 2.45) is 17.1 Å². The van der Waals surface area contributed by atoms with Crippen LogP contribution >= 0.6 is 0 Å². The molecule has 2 N–H and O–H groups in total. The molecule has 1 aliphatic heterocycles. The van der Waals surface area contributed by atoms with Gasteiger partial charge in [-0.1, -0.05) is 27.2 Å². The van der Waals surface area contributed by atoms with Crippen LogP contribution in [0.4, 0.5) is 0 Å². The first kappa shape index (κ1) is 13.4. The summed E-state index contributed by atoms with van der Waals surface area (Å²) < 4.78 is 0. The van der Waals surface area contributed by atoms with Gasteiger partial charge in [-0.3, -0.25) is 4.90 Å². The van der Waals surface area contributed by atoms with Crippen molar-refractivity contribution in [3.8, 4) is 0 Å². The Morgan fingerprint density at radius 2 is 1.82 bits per heavy atom. The minimum Gasteiger partial charge on any atom is -0.329 e. The molecule has 2 rings (SSSR count). The minimum atomic E-state index is 0.358. The second-order valence-corrected chi connectivity index (χ2v) is 7.10. The molecule has 1 saturated heterocycles. The third-order valence-electron chi connectivity index (χ3n) is 5.43. The molecule has 1 saturated carbocycles. The standard InChI is InChI=1S/C15H30N2/c1-4-13-5-6-15(11-13,12-16)17-9-7-14(2,3)8-10-17/h13H,4-12,16H2,1-3H3. The Morgan fingerprint density at radius 1 is 1.18 bits per heavy atom. The van der Waals surface area contributed by atoms with Gasteiger partial charge in [-0.2, -0.15) is 0 Å². The normalized spacial score (nSPS) is 38.5. The summed E-state index contributed by atoms with van der Waals surface area (Å²) in [6.07, 6.45) is 8.09. The number of likely N-dealkylation sites (tertiary alicyclic amines) is 1. The molecular weight excluding hydrogens is 208 g/mol. The van der Waals surface area contributed by atoms with Gasteiger partial charge in [0.25, 0.3) is 0 Å². The Labute approximate surface area is 107 Å². The fourth-order valence-electron chi connectivity index (χ4n) is 3.75. The van der Waals surface area contributed by atoms with Crippen LogP contribution in [0.25, 0.3) is 0 Å². The first-order valence-corrected chi connectivity index (χ1v) is 7.46. The van der Waals surface area contributed by atoms with Crippen molar-refractivity contribution in [2.45, 2.75) is 64.8 Å². The van der Waals surface area contributed by atoms with Gasteiger partial charge in [0.15, 0.2) is 0 Å². The fraction of sp³-hybridized carbons (Fsp3) is 1.00. The minimum absolute atomic E-state index is 0.358. The van der Waals surface area contributed by atoms with Gasteiger partial charge in [-0.05, 0) is 56.5 Å². The number of hydrogen-bond acceptors (Lipinski definition) is 2. The molecule has 0 amide bonds. The van der Waals surface area contributed by atoms with E-state index >= 15 is 0 Å². The molecule has 0 aromatic heterocycles. The van der Waals surface area contributed by atoms with E-state index in [0.717, 1.165) is 12.5 Å². The molecule has 2 heteroatoms. The number of hydrogen-bond donors (Lipinski definition) is 1. The smallest absolute Gasteiger partial charge is 0.0334 e. The lowest BCUT2D eigenvalue weighted by Crippen LogP contribution is -2.55. The molecule has 2 atom stereocenters. The third kappa shape index (κ3) is 2.68. The molecule has 2 unspecified atom stereocenters. The first-order chi connectivity index (χ1) is 8.01. The maximum Gasteiger partial charge on any atom is 0.0334 e. The van der Waals surface area contributed by atoms with Crippen LogP contribution in [0.1, 0.15) is 59.3 Å². The van der Waals surface area contributed by atoms with Gasteiger partial charge >= 0.3 is 0 Å². The summed E-state index contributed by atoms with van der Waals surface area (Å²) in [5, 5.41) is 0. The van der Waals surface area contributed by atoms with Crippen LogP contribution < -0.4 is 5.73 Å². The number of rotatable bonds is 3. The second kappa shape index (κ2) is 4.89. The molecule has 0 aromatic carbocycles. The van der Waals surface area contributed by atoms with Gasteiger partial charge in [0.2, 0.25) is 0 Å². The van der Waals surface area contributed by atoms with Gasteiger partial charge in [-0.15, -0.1) is 0 Å². The summed E-state index contributed by atoms with van der Waals surface area (Å²) >= 11 is 0. The van der Waals surface area contributed by atoms with E-state index in [9.17, 15) is 0 Å². The number of piperidine rings is 1. The summed E-state index contributed by atoms with van der Waals surface area (Å²) in [6.45, 7) is 10.5. The van der Waals surface area contributed by atoms with Gasteiger partial charge in [0, 0.05) is 12.1 Å². The Balaban J connectivity index is 2.00. The largest absolute Gasteiger partial charge is 0.329 e. The lowest BCUT2D eigenvalue weighted by molar-refractivity contribution is 0.0335. The molecule has 2 fully saturated rings. The molecule has 0 aromatic rings. The molecule has 0 radical (unpaired) electrons. The number of nitrogens with two attached hydrogens (primary N) is 1. The zero-order valence-electron chi connectivity index (χ0n) is 12.0. The highest BCUT2D eigenvalue weighted by atomic mass is 15.2. The zero-order valence-corrected chi connectivity index (χ0v) is 12.0. The van der Waals surface area contributed by atoms with Gasteiger partial charge in [0.05, 0.1) is 0 Å². The van der Waals surface area contributed by atoms with E-state index in [1.807, 2.05) is 0 Å². The van der Waals surface area contributed by atoms with E-state index in [2.05, 4.69) is 25.7 Å². The van der Waals surface area contributed by atoms with E-state index in [1.54, 1.807) is 0 Å². The Bertz CT molecular complexity index is 252. The van der Waals surface area contributed by atoms with Crippen molar-refractivity contribution >= 4 is 0 Å². The van der Waals surface area contributed by atoms with E-state index < -0.39 is 0 Å². The highest BCUT2D eigenvalue weighted by molar-refractivity contribution is 5.00. The van der Waals surface area contributed by atoms with Crippen LogP contribution in [0, 0.1) is 11.3 Å². The van der Waals surface area contributed by atoms with Crippen molar-refractivity contribution in [2.75, 3.05) is 19.6 Å². The van der Waals surface area contributed by atoms with E-state index in [1.165, 1.54) is 51.6 Å². The van der Waals surface area contributed by atoms with E-state index in [0.29, 0.717) is 11.0 Å². The lowest BCUT2D eigenvalue weighted by atomic mass is 9.80. The van der Waals surface area contributed by atoms with Crippen molar-refractivity contribution < 1.29 is 0 Å². The van der Waals surface area contributed by atoms with Gasteiger partial charge in [0.1, 0.15) is 0 Å². The maximum atomic E-state index is 6.14. The second-order valence-electron chi connectivity index (χ2n) is 7.10. The zero-order chi connectivity index (χ0) is 12.5. The van der Waals surface area contributed by atoms with Crippen LogP contribution in [0.15, 0.2) is 0 Å². The average molecular weight is 238 g/mol. The van der Waals surface area contributed by atoms with Gasteiger partial charge in [-0.25, -0.2) is 0 Å². The molecule has 100 valence electrons. The molecule has 1 heterocycles. The Kier molecular flexibility index (Phi) is 3.84. The van der Waals surface area contributed by atoms with Crippen molar-refractivity contribution in [3.63, 3.8) is 0 Å². The Hall–Kier alpha value is -0.0800. The third-order valence-corrected chi connectivity index (χ3v) is 5.43. The van der Waals surface area contributed by atoms with Crippen molar-refractivity contribution in [1.29, 1.82) is 0 Å². The fourth-order valence-corrected chi connectivity index (χ4v) is 3.75. The molecule has 17 heavy (non-hydrogen) atoms. The summed E-state index contributed by atoms with van der Waals surface area (Å²) in [5.41, 5.74) is 7.05. The predicted molar refractivity (Wildman–Crippen MR) is 74.0 cm³/mol. The van der Waals surface area contributed by atoms with Gasteiger partial charge < -0.3 is 5.73 Å². The molecule has 0 spiro atoms. The Morgan fingerprint density at radius 3 is 2.29 bits per heavy atom. The highest BCUT2D eigenvalue weighted by Crippen LogP contribution is 2.43. The highest BCUT2D eigenvalue weighted by Gasteiger charge is 2.43. The topological polar surface area (TPSA) is 29.3 Å². The van der Waals surface area contributed by atoms with Crippen LogP contribution in [0.2, 0.25) is 0 Å². The average Bonchev–Trinajstić information content (AvgIpc) is 2.74. The quantitative estimate of drug-likeness (QED) is 0.819. The SMILES string of the molecule is CCC1CCC(CN)(N2CCC(C)(C)CC2)C1. The van der Waals surface area contributed by atoms with E-state index in [-0.39, 0.29) is 0 Å². The molecule has 1 aliphatic carbocycles. The van der Waals surface area contributed by atoms with Crippen LogP contribution in [0.3, 0.4) is 0 Å². The van der Waals surface area contributed by atoms with Crippen molar-refractivity contribution in [3.05, 3.63) is 0 Å². The molecular formula is C15H30N2. The molecule has 2 nitrogen and oxygen atoms in total. The van der Waals surface area contributed by atoms with Crippen LogP contribution in [-0.4, -0.2) is 30.1 Å². The van der Waals surface area contributed by atoms with Crippen LogP contribution in [0.5, 0.6) is 0 Å². The predicted octanol–water partition coefficient (Wildman–Crippen LogP) is 3.02. The summed E-state index contributed by atoms with van der Waals surface area (Å²) in [5.74, 6) is 0.925. The summed E-state index contributed by atoms with van der Waals surface area (Å²) in [6, 6.07) is 0. The van der Waals surface area contributed by atoms with Crippen molar-refractivity contribution in [1.82, 2.24) is 4.90 Å². The summed E-state index contributed by atoms with van der Waals surface area (Å²) in [7, 11) is 0. The maximum absolute atomic E-state index is 6.14. The van der Waals surface area contributed by atoms with Crippen LogP contribution in [-0.2, 0) is 0 Å². The molecule has 0 bridgehead atoms. The lowest BCUT2D eigenvalue weighted by Gasteiger charge is -2.47. The molecule has 2 aliphatic rings. The first-order valence-electron chi connectivity index (χ1n) is 7.46. The summed E-state index contributed by atoms with van der Waals surface area (Å²) in [4.78, 5) is 2.73. The van der Waals surface area contributed by atoms with E-state index in [4.69, 9.17) is 5.73 Å². The monoisotopic (exact) mass is 238 g/mol.